The first-order valence-corrected chi connectivity index (χ1v) is 17.8. The smallest absolute Gasteiger partial charge is 0.253 e. The highest BCUT2D eigenvalue weighted by atomic mass is 32.2. The fraction of sp³-hybridized carbons (Fsp3) is 0. The molecule has 0 bridgehead atoms. The fourth-order valence-electron chi connectivity index (χ4n) is 8.39. The zero-order valence-electron chi connectivity index (χ0n) is 25.4. The Hall–Kier alpha value is -5.43. The molecule has 0 atom stereocenters. The lowest BCUT2D eigenvalue weighted by atomic mass is 9.35. The Kier molecular flexibility index (Phi) is 4.88. The highest BCUT2D eigenvalue weighted by Crippen LogP contribution is 2.51. The number of ether oxygens (including phenoxy) is 1. The maximum absolute atomic E-state index is 6.83. The number of rotatable bonds is 1. The molecule has 0 N–H and O–H groups in total. The van der Waals surface area contributed by atoms with Crippen molar-refractivity contribution in [2.24, 2.45) is 0 Å². The Morgan fingerprint density at radius 2 is 1.33 bits per heavy atom. The molecule has 222 valence electrons. The molecule has 0 unspecified atom stereocenters. The van der Waals surface area contributed by atoms with Crippen LogP contribution < -0.4 is 21.1 Å². The molecule has 0 spiro atoms. The molecule has 0 amide bonds. The quantitative estimate of drug-likeness (QED) is 0.166. The van der Waals surface area contributed by atoms with E-state index < -0.39 is 0 Å². The van der Waals surface area contributed by atoms with Gasteiger partial charge in [-0.25, -0.2) is 0 Å². The number of thiophene rings is 1. The number of hydrogen-bond donors (Lipinski definition) is 0. The molecule has 0 saturated heterocycles. The number of furan rings is 1. The van der Waals surface area contributed by atoms with Gasteiger partial charge in [-0.3, -0.25) is 0 Å². The van der Waals surface area contributed by atoms with Crippen LogP contribution >= 0.6 is 23.1 Å². The van der Waals surface area contributed by atoms with Crippen molar-refractivity contribution >= 4 is 110 Å². The van der Waals surface area contributed by atoms with E-state index in [4.69, 9.17) is 9.15 Å². The van der Waals surface area contributed by atoms with Crippen LogP contribution in [0.15, 0.2) is 148 Å². The van der Waals surface area contributed by atoms with Crippen molar-refractivity contribution in [3.8, 4) is 17.2 Å². The van der Waals surface area contributed by atoms with Crippen LogP contribution in [0.5, 0.6) is 11.5 Å². The molecule has 6 heteroatoms. The third kappa shape index (κ3) is 3.17. The van der Waals surface area contributed by atoms with Gasteiger partial charge >= 0.3 is 0 Å². The first kappa shape index (κ1) is 25.6. The molecule has 7 aromatic carbocycles. The summed E-state index contributed by atoms with van der Waals surface area (Å²) in [5.41, 5.74) is 9.11. The van der Waals surface area contributed by atoms with Gasteiger partial charge in [0, 0.05) is 52.2 Å². The lowest BCUT2D eigenvalue weighted by Crippen LogP contribution is -2.57. The lowest BCUT2D eigenvalue weighted by molar-refractivity contribution is 0.486. The van der Waals surface area contributed by atoms with Crippen LogP contribution in [0.25, 0.3) is 69.6 Å². The van der Waals surface area contributed by atoms with Crippen LogP contribution in [0, 0.1) is 0 Å². The van der Waals surface area contributed by atoms with Gasteiger partial charge in [-0.05, 0) is 47.3 Å². The summed E-state index contributed by atoms with van der Waals surface area (Å²) in [4.78, 5) is 2.54. The van der Waals surface area contributed by atoms with Crippen LogP contribution in [0.3, 0.4) is 0 Å². The largest absolute Gasteiger partial charge is 0.458 e. The Bertz CT molecular complexity index is 2940. The number of para-hydroxylation sites is 3. The number of benzene rings is 7. The van der Waals surface area contributed by atoms with Crippen LogP contribution in [0.1, 0.15) is 0 Å². The van der Waals surface area contributed by atoms with E-state index >= 15 is 0 Å². The van der Waals surface area contributed by atoms with Gasteiger partial charge in [-0.1, -0.05) is 108 Å². The van der Waals surface area contributed by atoms with E-state index in [0.717, 1.165) is 44.6 Å². The normalized spacial score (nSPS) is 13.5. The molecule has 48 heavy (non-hydrogen) atoms. The maximum Gasteiger partial charge on any atom is 0.253 e. The highest BCUT2D eigenvalue weighted by Gasteiger charge is 2.39. The summed E-state index contributed by atoms with van der Waals surface area (Å²) in [6.07, 6.45) is 0. The Balaban J connectivity index is 1.27. The third-order valence-corrected chi connectivity index (χ3v) is 12.6. The average molecular weight is 648 g/mol. The minimum Gasteiger partial charge on any atom is -0.458 e. The summed E-state index contributed by atoms with van der Waals surface area (Å²) >= 11 is 3.71. The molecule has 10 aromatic rings. The van der Waals surface area contributed by atoms with E-state index in [9.17, 15) is 0 Å². The molecule has 3 aromatic heterocycles. The van der Waals surface area contributed by atoms with E-state index in [0.29, 0.717) is 0 Å². The SMILES string of the molecule is c1ccc2c(c1)Oc1cc(-n3c4ccccc4c4c5oc6ccccc6c5c5sc6ccccc6c5c43)cc3c1B2c1ccccc1S3. The summed E-state index contributed by atoms with van der Waals surface area (Å²) in [5, 5.41) is 7.24. The second-order valence-electron chi connectivity index (χ2n) is 12.7. The van der Waals surface area contributed by atoms with Gasteiger partial charge in [0.05, 0.1) is 22.1 Å². The van der Waals surface area contributed by atoms with Gasteiger partial charge in [0.2, 0.25) is 0 Å². The Labute approximate surface area is 283 Å². The summed E-state index contributed by atoms with van der Waals surface area (Å²) in [6.45, 7) is 0.132. The van der Waals surface area contributed by atoms with E-state index in [-0.39, 0.29) is 6.71 Å². The second-order valence-corrected chi connectivity index (χ2v) is 14.9. The minimum absolute atomic E-state index is 0.132. The van der Waals surface area contributed by atoms with Gasteiger partial charge in [0.25, 0.3) is 6.71 Å². The van der Waals surface area contributed by atoms with Crippen molar-refractivity contribution in [2.75, 3.05) is 0 Å². The first-order valence-electron chi connectivity index (χ1n) is 16.2. The predicted octanol–water partition coefficient (Wildman–Crippen LogP) is 10.1. The van der Waals surface area contributed by atoms with Gasteiger partial charge < -0.3 is 13.7 Å². The molecule has 12 rings (SSSR count). The summed E-state index contributed by atoms with van der Waals surface area (Å²) in [5.74, 6) is 1.85. The average Bonchev–Trinajstić information content (AvgIpc) is 3.81. The monoisotopic (exact) mass is 647 g/mol. The summed E-state index contributed by atoms with van der Waals surface area (Å²) < 4.78 is 18.6. The fourth-order valence-corrected chi connectivity index (χ4v) is 10.8. The van der Waals surface area contributed by atoms with Crippen LogP contribution in [0.2, 0.25) is 0 Å². The predicted molar refractivity (Wildman–Crippen MR) is 203 cm³/mol. The summed E-state index contributed by atoms with van der Waals surface area (Å²) in [6, 6.07) is 48.1. The number of nitrogens with zero attached hydrogens (tertiary/aromatic N) is 1. The minimum atomic E-state index is 0.132. The summed E-state index contributed by atoms with van der Waals surface area (Å²) in [7, 11) is 0. The zero-order chi connectivity index (χ0) is 31.1. The van der Waals surface area contributed by atoms with E-state index in [1.165, 1.54) is 62.6 Å². The van der Waals surface area contributed by atoms with Crippen LogP contribution in [-0.4, -0.2) is 11.3 Å². The lowest BCUT2D eigenvalue weighted by Gasteiger charge is -2.33. The Morgan fingerprint density at radius 3 is 2.27 bits per heavy atom. The van der Waals surface area contributed by atoms with Crippen molar-refractivity contribution in [1.29, 1.82) is 0 Å². The standard InChI is InChI=1S/C42H22BNO2S2/c1-6-16-29-24(11-1)36-40(37-26-13-3-9-19-33(26)48-42(37)38-25-12-2-7-17-30(25)46-41(36)38)44(29)23-21-32-39-35(22-23)47-34-20-10-5-15-28(34)43(39)27-14-4-8-18-31(27)45-32/h1-22H. The van der Waals surface area contributed by atoms with Crippen LogP contribution in [-0.2, 0) is 0 Å². The highest BCUT2D eigenvalue weighted by molar-refractivity contribution is 8.00. The van der Waals surface area contributed by atoms with Gasteiger partial charge in [0.15, 0.2) is 0 Å². The van der Waals surface area contributed by atoms with Crippen molar-refractivity contribution in [1.82, 2.24) is 4.57 Å². The van der Waals surface area contributed by atoms with Gasteiger partial charge in [-0.15, -0.1) is 11.3 Å². The molecule has 0 fully saturated rings. The van der Waals surface area contributed by atoms with E-state index in [2.05, 4.69) is 138 Å². The molecule has 2 aliphatic heterocycles. The molecule has 3 nitrogen and oxygen atoms in total. The molecular formula is C42H22BNO2S2. The number of aromatic nitrogens is 1. The van der Waals surface area contributed by atoms with E-state index in [1.54, 1.807) is 0 Å². The van der Waals surface area contributed by atoms with Gasteiger partial charge in [0.1, 0.15) is 22.7 Å². The van der Waals surface area contributed by atoms with Crippen molar-refractivity contribution in [2.45, 2.75) is 9.79 Å². The van der Waals surface area contributed by atoms with Crippen molar-refractivity contribution in [3.05, 3.63) is 133 Å². The molecule has 0 aliphatic carbocycles. The van der Waals surface area contributed by atoms with E-state index in [1.807, 2.05) is 23.1 Å². The second kappa shape index (κ2) is 9.13. The molecule has 0 saturated carbocycles. The third-order valence-electron chi connectivity index (χ3n) is 10.3. The molecule has 2 aliphatic rings. The van der Waals surface area contributed by atoms with Gasteiger partial charge in [-0.2, -0.15) is 0 Å². The number of fused-ring (bicyclic) bond motifs is 16. The van der Waals surface area contributed by atoms with Crippen LogP contribution in [0.4, 0.5) is 0 Å². The Morgan fingerprint density at radius 1 is 0.583 bits per heavy atom. The molecule has 0 radical (unpaired) electrons. The number of hydrogen-bond acceptors (Lipinski definition) is 4. The van der Waals surface area contributed by atoms with Crippen molar-refractivity contribution in [3.63, 3.8) is 0 Å². The topological polar surface area (TPSA) is 27.3 Å². The molecular weight excluding hydrogens is 625 g/mol. The maximum atomic E-state index is 6.83. The molecule has 5 heterocycles. The van der Waals surface area contributed by atoms with Crippen molar-refractivity contribution < 1.29 is 9.15 Å². The zero-order valence-corrected chi connectivity index (χ0v) is 27.0. The first-order chi connectivity index (χ1) is 23.8.